The first-order valence-corrected chi connectivity index (χ1v) is 7.31. The van der Waals surface area contributed by atoms with Gasteiger partial charge in [0.25, 0.3) is 0 Å². The van der Waals surface area contributed by atoms with Crippen molar-refractivity contribution in [3.63, 3.8) is 0 Å². The van der Waals surface area contributed by atoms with Gasteiger partial charge in [0.15, 0.2) is 0 Å². The number of hydrogen-bond acceptors (Lipinski definition) is 5. The van der Waals surface area contributed by atoms with E-state index < -0.39 is 17.7 Å². The molecule has 0 atom stereocenters. The van der Waals surface area contributed by atoms with Gasteiger partial charge in [0.05, 0.1) is 19.0 Å². The van der Waals surface area contributed by atoms with E-state index in [1.54, 1.807) is 45.0 Å². The molecule has 0 radical (unpaired) electrons. The van der Waals surface area contributed by atoms with E-state index in [2.05, 4.69) is 10.1 Å². The van der Waals surface area contributed by atoms with E-state index in [0.717, 1.165) is 0 Å². The normalized spacial score (nSPS) is 11.6. The number of alkyl carbamates (subject to hydrolysis) is 1. The van der Waals surface area contributed by atoms with Crippen LogP contribution in [0.3, 0.4) is 0 Å². The van der Waals surface area contributed by atoms with Crippen molar-refractivity contribution >= 4 is 12.1 Å². The number of nitrogens with one attached hydrogen (secondary N) is 1. The van der Waals surface area contributed by atoms with Crippen LogP contribution in [-0.4, -0.2) is 37.9 Å². The van der Waals surface area contributed by atoms with Gasteiger partial charge in [-0.3, -0.25) is 0 Å². The number of benzene rings is 1. The molecule has 1 aromatic carbocycles. The van der Waals surface area contributed by atoms with Crippen LogP contribution in [0.2, 0.25) is 0 Å². The van der Waals surface area contributed by atoms with Crippen molar-refractivity contribution in [1.29, 1.82) is 0 Å². The zero-order chi connectivity index (χ0) is 18.2. The molecule has 0 bridgehead atoms. The summed E-state index contributed by atoms with van der Waals surface area (Å²) in [5.74, 6) is 0.00623. The highest BCUT2D eigenvalue weighted by Gasteiger charge is 2.16. The van der Waals surface area contributed by atoms with Crippen molar-refractivity contribution < 1.29 is 28.2 Å². The van der Waals surface area contributed by atoms with Gasteiger partial charge in [-0.25, -0.2) is 14.0 Å². The number of rotatable bonds is 6. The fraction of sp³-hybridized carbons (Fsp3) is 0.412. The number of carbonyl (C=O) groups is 2. The molecule has 0 aliphatic carbocycles. The van der Waals surface area contributed by atoms with E-state index in [4.69, 9.17) is 9.47 Å². The number of ether oxygens (including phenoxy) is 3. The van der Waals surface area contributed by atoms with Crippen molar-refractivity contribution in [1.82, 2.24) is 5.32 Å². The third kappa shape index (κ3) is 7.13. The van der Waals surface area contributed by atoms with Crippen LogP contribution in [-0.2, 0) is 9.47 Å². The quantitative estimate of drug-likeness (QED) is 0.806. The van der Waals surface area contributed by atoms with Crippen molar-refractivity contribution in [2.45, 2.75) is 26.4 Å². The molecule has 1 amide bonds. The van der Waals surface area contributed by atoms with Gasteiger partial charge in [0.1, 0.15) is 18.0 Å². The van der Waals surface area contributed by atoms with Crippen LogP contribution in [0.1, 0.15) is 31.1 Å². The van der Waals surface area contributed by atoms with Crippen molar-refractivity contribution in [3.05, 3.63) is 41.7 Å². The summed E-state index contributed by atoms with van der Waals surface area (Å²) >= 11 is 0. The Hall–Kier alpha value is -2.57. The predicted octanol–water partition coefficient (Wildman–Crippen LogP) is 3.23. The zero-order valence-corrected chi connectivity index (χ0v) is 14.2. The van der Waals surface area contributed by atoms with Crippen LogP contribution in [0, 0.1) is 0 Å². The van der Waals surface area contributed by atoms with E-state index in [-0.39, 0.29) is 18.7 Å². The van der Waals surface area contributed by atoms with E-state index in [1.807, 2.05) is 0 Å². The molecule has 0 fully saturated rings. The van der Waals surface area contributed by atoms with Gasteiger partial charge in [0.2, 0.25) is 0 Å². The summed E-state index contributed by atoms with van der Waals surface area (Å²) in [5.41, 5.74) is -0.00252. The van der Waals surface area contributed by atoms with Crippen molar-refractivity contribution in [2.24, 2.45) is 0 Å². The van der Waals surface area contributed by atoms with E-state index in [1.165, 1.54) is 7.11 Å². The molecule has 0 aliphatic rings. The highest BCUT2D eigenvalue weighted by Crippen LogP contribution is 2.14. The SMILES string of the molecule is COC(=O)c1ccc(OCC(=CF)CNC(=O)OC(C)(C)C)cc1. The van der Waals surface area contributed by atoms with E-state index in [9.17, 15) is 14.0 Å². The molecule has 132 valence electrons. The van der Waals surface area contributed by atoms with E-state index in [0.29, 0.717) is 17.6 Å². The first kappa shape index (κ1) is 19.5. The lowest BCUT2D eigenvalue weighted by Gasteiger charge is -2.20. The minimum atomic E-state index is -0.635. The summed E-state index contributed by atoms with van der Waals surface area (Å²) in [7, 11) is 1.29. The van der Waals surface area contributed by atoms with Crippen molar-refractivity contribution in [3.8, 4) is 5.75 Å². The van der Waals surface area contributed by atoms with Crippen LogP contribution < -0.4 is 10.1 Å². The van der Waals surface area contributed by atoms with Gasteiger partial charge in [-0.2, -0.15) is 0 Å². The van der Waals surface area contributed by atoms with Crippen molar-refractivity contribution in [2.75, 3.05) is 20.3 Å². The summed E-state index contributed by atoms with van der Waals surface area (Å²) in [4.78, 5) is 22.8. The molecule has 0 saturated heterocycles. The minimum absolute atomic E-state index is 0.0361. The highest BCUT2D eigenvalue weighted by molar-refractivity contribution is 5.89. The number of amides is 1. The Morgan fingerprint density at radius 2 is 1.83 bits per heavy atom. The number of esters is 1. The van der Waals surface area contributed by atoms with E-state index >= 15 is 0 Å². The van der Waals surface area contributed by atoms with Gasteiger partial charge >= 0.3 is 12.1 Å². The van der Waals surface area contributed by atoms with Gasteiger partial charge in [0, 0.05) is 12.1 Å². The molecular weight excluding hydrogens is 317 g/mol. The third-order valence-corrected chi connectivity index (χ3v) is 2.71. The van der Waals surface area contributed by atoms with Crippen LogP contribution in [0.15, 0.2) is 36.2 Å². The molecule has 24 heavy (non-hydrogen) atoms. The number of halogens is 1. The van der Waals surface area contributed by atoms with Gasteiger partial charge < -0.3 is 19.5 Å². The molecule has 7 heteroatoms. The second-order valence-electron chi connectivity index (χ2n) is 5.93. The van der Waals surface area contributed by atoms with Crippen LogP contribution in [0.4, 0.5) is 9.18 Å². The smallest absolute Gasteiger partial charge is 0.407 e. The monoisotopic (exact) mass is 339 g/mol. The third-order valence-electron chi connectivity index (χ3n) is 2.71. The lowest BCUT2D eigenvalue weighted by molar-refractivity contribution is 0.0530. The largest absolute Gasteiger partial charge is 0.489 e. The fourth-order valence-electron chi connectivity index (χ4n) is 1.60. The number of carbonyl (C=O) groups excluding carboxylic acids is 2. The van der Waals surface area contributed by atoms with Gasteiger partial charge in [-0.05, 0) is 45.0 Å². The second kappa shape index (κ2) is 8.90. The minimum Gasteiger partial charge on any atom is -0.489 e. The average molecular weight is 339 g/mol. The number of methoxy groups -OCH3 is 1. The van der Waals surface area contributed by atoms with Crippen LogP contribution in [0.25, 0.3) is 0 Å². The Morgan fingerprint density at radius 3 is 2.33 bits per heavy atom. The predicted molar refractivity (Wildman–Crippen MR) is 86.7 cm³/mol. The first-order chi connectivity index (χ1) is 11.2. The fourth-order valence-corrected chi connectivity index (χ4v) is 1.60. The van der Waals surface area contributed by atoms with Crippen LogP contribution in [0.5, 0.6) is 5.75 Å². The molecule has 0 heterocycles. The topological polar surface area (TPSA) is 73.9 Å². The lowest BCUT2D eigenvalue weighted by Crippen LogP contribution is -2.34. The maximum absolute atomic E-state index is 12.9. The lowest BCUT2D eigenvalue weighted by atomic mass is 10.2. The van der Waals surface area contributed by atoms with Gasteiger partial charge in [-0.15, -0.1) is 0 Å². The Balaban J connectivity index is 2.47. The zero-order valence-electron chi connectivity index (χ0n) is 14.2. The molecule has 1 aromatic rings. The Kier molecular flexibility index (Phi) is 7.23. The summed E-state index contributed by atoms with van der Waals surface area (Å²) in [6, 6.07) is 6.23. The Labute approximate surface area is 140 Å². The molecule has 0 aromatic heterocycles. The number of hydrogen-bond donors (Lipinski definition) is 1. The summed E-state index contributed by atoms with van der Waals surface area (Å²) in [6.45, 7) is 5.12. The maximum atomic E-state index is 12.9. The molecule has 0 aliphatic heterocycles. The van der Waals surface area contributed by atoms with Crippen LogP contribution >= 0.6 is 0 Å². The Bertz CT molecular complexity index is 590. The molecular formula is C17H22FNO5. The summed E-state index contributed by atoms with van der Waals surface area (Å²) < 4.78 is 27.9. The molecule has 6 nitrogen and oxygen atoms in total. The maximum Gasteiger partial charge on any atom is 0.407 e. The Morgan fingerprint density at radius 1 is 1.21 bits per heavy atom. The summed E-state index contributed by atoms with van der Waals surface area (Å²) in [5, 5.41) is 2.45. The molecule has 0 unspecified atom stereocenters. The molecule has 0 spiro atoms. The second-order valence-corrected chi connectivity index (χ2v) is 5.93. The molecule has 1 rings (SSSR count). The van der Waals surface area contributed by atoms with Gasteiger partial charge in [-0.1, -0.05) is 0 Å². The molecule has 1 N–H and O–H groups in total. The first-order valence-electron chi connectivity index (χ1n) is 7.31. The summed E-state index contributed by atoms with van der Waals surface area (Å²) in [6.07, 6.45) is -0.260. The average Bonchev–Trinajstić information content (AvgIpc) is 2.53. The molecule has 0 saturated carbocycles. The highest BCUT2D eigenvalue weighted by atomic mass is 19.1. The standard InChI is InChI=1S/C17H22FNO5/c1-17(2,3)24-16(21)19-10-12(9-18)11-23-14-7-5-13(6-8-14)15(20)22-4/h5-9H,10-11H2,1-4H3,(H,19,21).